The lowest BCUT2D eigenvalue weighted by Gasteiger charge is -2.40. The van der Waals surface area contributed by atoms with Crippen molar-refractivity contribution in [2.24, 2.45) is 0 Å². The van der Waals surface area contributed by atoms with Gasteiger partial charge in [-0.05, 0) is 0 Å². The van der Waals surface area contributed by atoms with Crippen molar-refractivity contribution < 1.29 is 43.5 Å². The van der Waals surface area contributed by atoms with Gasteiger partial charge in [-0.3, -0.25) is 0 Å². The van der Waals surface area contributed by atoms with Gasteiger partial charge < -0.3 is 29.2 Å². The van der Waals surface area contributed by atoms with E-state index in [4.69, 9.17) is 18.9 Å². The number of aliphatic hydroxyl groups is 2. The van der Waals surface area contributed by atoms with E-state index in [-0.39, 0.29) is 0 Å². The number of rotatable bonds is 7. The molecule has 1 fully saturated rings. The lowest BCUT2D eigenvalue weighted by molar-refractivity contribution is -0.293. The van der Waals surface area contributed by atoms with Crippen LogP contribution in [0.3, 0.4) is 0 Å². The summed E-state index contributed by atoms with van der Waals surface area (Å²) in [6, 6.07) is 0. The van der Waals surface area contributed by atoms with E-state index < -0.39 is 55.2 Å². The lowest BCUT2D eigenvalue weighted by Crippen LogP contribution is -2.60. The smallest absolute Gasteiger partial charge is 0.332 e. The van der Waals surface area contributed by atoms with E-state index in [0.29, 0.717) is 0 Å². The molecule has 2 N–H and O–H groups in total. The molecule has 1 rings (SSSR count). The topological polar surface area (TPSA) is 129 Å². The van der Waals surface area contributed by atoms with E-state index in [2.05, 4.69) is 19.7 Å². The molecule has 9 nitrogen and oxygen atoms in total. The van der Waals surface area contributed by atoms with E-state index in [1.807, 2.05) is 0 Å². The number of hydrogen-bond donors (Lipinski definition) is 2. The monoisotopic (exact) mass is 342 g/mol. The molecule has 0 aromatic carbocycles. The summed E-state index contributed by atoms with van der Waals surface area (Å²) in [5.41, 5.74) is 0. The molecule has 0 amide bonds. The second-order valence-corrected chi connectivity index (χ2v) is 4.60. The molecule has 5 atom stereocenters. The summed E-state index contributed by atoms with van der Waals surface area (Å²) in [6.45, 7) is 9.16. The van der Waals surface area contributed by atoms with Crippen molar-refractivity contribution in [2.45, 2.75) is 30.7 Å². The van der Waals surface area contributed by atoms with E-state index in [0.717, 1.165) is 18.2 Å². The predicted molar refractivity (Wildman–Crippen MR) is 78.2 cm³/mol. The van der Waals surface area contributed by atoms with Crippen molar-refractivity contribution in [1.82, 2.24) is 0 Å². The van der Waals surface area contributed by atoms with Gasteiger partial charge in [0.25, 0.3) is 0 Å². The fraction of sp³-hybridized carbons (Fsp3) is 0.400. The molecule has 1 aliphatic rings. The Morgan fingerprint density at radius 2 is 1.46 bits per heavy atom. The van der Waals surface area contributed by atoms with Gasteiger partial charge in [-0.1, -0.05) is 19.7 Å². The molecule has 0 bridgehead atoms. The van der Waals surface area contributed by atoms with Gasteiger partial charge in [0.15, 0.2) is 6.10 Å². The average Bonchev–Trinajstić information content (AvgIpc) is 2.59. The van der Waals surface area contributed by atoms with Gasteiger partial charge in [-0.25, -0.2) is 14.4 Å². The number of hydrogen-bond acceptors (Lipinski definition) is 9. The number of carbonyl (C=O) groups is 3. The van der Waals surface area contributed by atoms with Crippen molar-refractivity contribution in [3.8, 4) is 0 Å². The molecule has 132 valence electrons. The van der Waals surface area contributed by atoms with Gasteiger partial charge in [0, 0.05) is 18.2 Å². The molecular weight excluding hydrogens is 324 g/mol. The van der Waals surface area contributed by atoms with Crippen LogP contribution in [0.2, 0.25) is 0 Å². The van der Waals surface area contributed by atoms with Gasteiger partial charge >= 0.3 is 17.9 Å². The van der Waals surface area contributed by atoms with E-state index in [1.54, 1.807) is 0 Å². The van der Waals surface area contributed by atoms with Crippen molar-refractivity contribution in [3.05, 3.63) is 38.0 Å². The zero-order chi connectivity index (χ0) is 18.3. The Labute approximate surface area is 137 Å². The van der Waals surface area contributed by atoms with Crippen molar-refractivity contribution in [1.29, 1.82) is 0 Å². The quantitative estimate of drug-likeness (QED) is 0.339. The molecule has 1 heterocycles. The van der Waals surface area contributed by atoms with Crippen LogP contribution in [-0.4, -0.2) is 65.4 Å². The standard InChI is InChI=1S/C15H18O9/c1-4-9(16)21-7-8-14(23-10(17)5-2)12(19)13(20)15(22-8)24-11(18)6-3/h4-6,8,12-15,19-20H,1-3,7H2/t8-,12-,13-,14-,15?/m1/s1. The number of carbonyl (C=O) groups excluding carboxylic acids is 3. The molecule has 0 radical (unpaired) electrons. The minimum Gasteiger partial charge on any atom is -0.460 e. The highest BCUT2D eigenvalue weighted by molar-refractivity contribution is 5.82. The maximum absolute atomic E-state index is 11.4. The summed E-state index contributed by atoms with van der Waals surface area (Å²) in [4.78, 5) is 33.8. The highest BCUT2D eigenvalue weighted by Gasteiger charge is 2.48. The van der Waals surface area contributed by atoms with E-state index >= 15 is 0 Å². The predicted octanol–water partition coefficient (Wildman–Crippen LogP) is -1.01. The minimum absolute atomic E-state index is 0.453. The fourth-order valence-electron chi connectivity index (χ4n) is 1.85. The van der Waals surface area contributed by atoms with Crippen LogP contribution in [0.15, 0.2) is 38.0 Å². The van der Waals surface area contributed by atoms with Gasteiger partial charge in [-0.2, -0.15) is 0 Å². The van der Waals surface area contributed by atoms with Crippen LogP contribution < -0.4 is 0 Å². The Hall–Kier alpha value is -2.49. The van der Waals surface area contributed by atoms with Crippen LogP contribution in [0, 0.1) is 0 Å². The Balaban J connectivity index is 2.93. The third kappa shape index (κ3) is 5.01. The SMILES string of the molecule is C=CC(=O)OC[C@H]1OC(OC(=O)C=C)[C@H](O)[C@@H](O)[C@@H]1OC(=O)C=C. The molecule has 24 heavy (non-hydrogen) atoms. The lowest BCUT2D eigenvalue weighted by atomic mass is 9.99. The van der Waals surface area contributed by atoms with Crippen LogP contribution in [-0.2, 0) is 33.3 Å². The van der Waals surface area contributed by atoms with Crippen LogP contribution in [0.1, 0.15) is 0 Å². The Morgan fingerprint density at radius 3 is 2.00 bits per heavy atom. The Kier molecular flexibility index (Phi) is 7.31. The second-order valence-electron chi connectivity index (χ2n) is 4.60. The zero-order valence-corrected chi connectivity index (χ0v) is 12.7. The van der Waals surface area contributed by atoms with Crippen LogP contribution in [0.4, 0.5) is 0 Å². The van der Waals surface area contributed by atoms with E-state index in [1.165, 1.54) is 0 Å². The van der Waals surface area contributed by atoms with Crippen molar-refractivity contribution in [2.75, 3.05) is 6.61 Å². The first kappa shape index (κ1) is 19.6. The van der Waals surface area contributed by atoms with Gasteiger partial charge in [0.2, 0.25) is 6.29 Å². The fourth-order valence-corrected chi connectivity index (χ4v) is 1.85. The summed E-state index contributed by atoms with van der Waals surface area (Å²) in [5.74, 6) is -2.58. The summed E-state index contributed by atoms with van der Waals surface area (Å²) in [6.07, 6.45) is -4.97. The number of aliphatic hydroxyl groups excluding tert-OH is 2. The third-order valence-electron chi connectivity index (χ3n) is 3.02. The summed E-state index contributed by atoms with van der Waals surface area (Å²) >= 11 is 0. The largest absolute Gasteiger partial charge is 0.460 e. The molecule has 0 aromatic heterocycles. The average molecular weight is 342 g/mol. The summed E-state index contributed by atoms with van der Waals surface area (Å²) in [5, 5.41) is 20.1. The molecule has 0 spiro atoms. The Bertz CT molecular complexity index is 527. The van der Waals surface area contributed by atoms with Gasteiger partial charge in [-0.15, -0.1) is 0 Å². The molecule has 1 unspecified atom stereocenters. The first-order valence-electron chi connectivity index (χ1n) is 6.80. The molecule has 1 aliphatic heterocycles. The molecule has 0 saturated carbocycles. The third-order valence-corrected chi connectivity index (χ3v) is 3.02. The van der Waals surface area contributed by atoms with Gasteiger partial charge in [0.05, 0.1) is 0 Å². The number of esters is 3. The Morgan fingerprint density at radius 1 is 0.917 bits per heavy atom. The molecule has 0 aliphatic carbocycles. The van der Waals surface area contributed by atoms with Crippen LogP contribution in [0.5, 0.6) is 0 Å². The first-order valence-corrected chi connectivity index (χ1v) is 6.80. The highest BCUT2D eigenvalue weighted by Crippen LogP contribution is 2.25. The number of ether oxygens (including phenoxy) is 4. The highest BCUT2D eigenvalue weighted by atomic mass is 16.7. The van der Waals surface area contributed by atoms with Crippen LogP contribution in [0.25, 0.3) is 0 Å². The van der Waals surface area contributed by atoms with Crippen molar-refractivity contribution in [3.63, 3.8) is 0 Å². The van der Waals surface area contributed by atoms with Gasteiger partial charge in [0.1, 0.15) is 24.9 Å². The second kappa shape index (κ2) is 8.96. The molecule has 0 aromatic rings. The normalized spacial score (nSPS) is 29.0. The minimum atomic E-state index is -1.71. The van der Waals surface area contributed by atoms with E-state index in [9.17, 15) is 24.6 Å². The maximum Gasteiger partial charge on any atom is 0.332 e. The first-order chi connectivity index (χ1) is 11.3. The maximum atomic E-state index is 11.4. The molecule has 9 heteroatoms. The molecular formula is C15H18O9. The van der Waals surface area contributed by atoms with Crippen molar-refractivity contribution >= 4 is 17.9 Å². The zero-order valence-electron chi connectivity index (χ0n) is 12.7. The summed E-state index contributed by atoms with van der Waals surface area (Å²) in [7, 11) is 0. The summed E-state index contributed by atoms with van der Waals surface area (Å²) < 4.78 is 19.7. The molecule has 1 saturated heterocycles. The van der Waals surface area contributed by atoms with Crippen LogP contribution >= 0.6 is 0 Å².